The zero-order valence-electron chi connectivity index (χ0n) is 19.3. The van der Waals surface area contributed by atoms with E-state index in [2.05, 4.69) is 9.97 Å². The second-order valence-electron chi connectivity index (χ2n) is 9.20. The first kappa shape index (κ1) is 22.6. The number of allylic oxidation sites excluding steroid dienone is 1. The van der Waals surface area contributed by atoms with E-state index in [1.807, 2.05) is 69.6 Å². The number of rotatable bonds is 5. The van der Waals surface area contributed by atoms with E-state index in [0.29, 0.717) is 6.54 Å². The molecule has 7 nitrogen and oxygen atoms in total. The van der Waals surface area contributed by atoms with Gasteiger partial charge >= 0.3 is 12.1 Å². The summed E-state index contributed by atoms with van der Waals surface area (Å²) < 4.78 is 10.9. The van der Waals surface area contributed by atoms with Gasteiger partial charge < -0.3 is 14.5 Å². The third-order valence-electron chi connectivity index (χ3n) is 5.31. The van der Waals surface area contributed by atoms with Crippen molar-refractivity contribution >= 4 is 28.7 Å². The fourth-order valence-corrected chi connectivity index (χ4v) is 3.79. The quantitative estimate of drug-likeness (QED) is 0.542. The highest BCUT2D eigenvalue weighted by Gasteiger charge is 2.24. The molecule has 4 rings (SSSR count). The summed E-state index contributed by atoms with van der Waals surface area (Å²) in [5, 5.41) is 0.917. The maximum absolute atomic E-state index is 12.5. The van der Waals surface area contributed by atoms with E-state index >= 15 is 0 Å². The average molecular weight is 448 g/mol. The Morgan fingerprint density at radius 2 is 1.94 bits per heavy atom. The molecule has 0 bridgehead atoms. The number of amides is 1. The van der Waals surface area contributed by atoms with Gasteiger partial charge in [-0.05, 0) is 56.4 Å². The molecule has 0 saturated heterocycles. The number of aromatic amines is 1. The maximum Gasteiger partial charge on any atom is 0.414 e. The molecule has 3 aromatic rings. The summed E-state index contributed by atoms with van der Waals surface area (Å²) in [6.07, 6.45) is 6.94. The van der Waals surface area contributed by atoms with Gasteiger partial charge in [-0.25, -0.2) is 9.78 Å². The summed E-state index contributed by atoms with van der Waals surface area (Å²) in [5.41, 5.74) is 3.93. The Morgan fingerprint density at radius 3 is 2.70 bits per heavy atom. The lowest BCUT2D eigenvalue weighted by Crippen LogP contribution is -2.35. The largest absolute Gasteiger partial charge is 0.461 e. The second kappa shape index (κ2) is 9.48. The molecule has 1 aliphatic heterocycles. The van der Waals surface area contributed by atoms with Crippen molar-refractivity contribution < 1.29 is 19.1 Å². The van der Waals surface area contributed by atoms with Crippen molar-refractivity contribution in [2.75, 3.05) is 6.54 Å². The molecular weight excluding hydrogens is 418 g/mol. The van der Waals surface area contributed by atoms with Gasteiger partial charge in [0.05, 0.1) is 6.42 Å². The van der Waals surface area contributed by atoms with Gasteiger partial charge in [0.2, 0.25) is 0 Å². The third-order valence-corrected chi connectivity index (χ3v) is 5.31. The Balaban J connectivity index is 1.49. The van der Waals surface area contributed by atoms with Crippen molar-refractivity contribution in [1.82, 2.24) is 14.9 Å². The minimum atomic E-state index is -0.544. The molecule has 172 valence electrons. The lowest BCUT2D eigenvalue weighted by atomic mass is 9.99. The van der Waals surface area contributed by atoms with Crippen LogP contribution in [-0.4, -0.2) is 39.1 Å². The Morgan fingerprint density at radius 1 is 1.15 bits per heavy atom. The lowest BCUT2D eigenvalue weighted by molar-refractivity contribution is -0.144. The van der Waals surface area contributed by atoms with Gasteiger partial charge in [-0.3, -0.25) is 9.69 Å². The summed E-state index contributed by atoms with van der Waals surface area (Å²) in [4.78, 5) is 34.2. The summed E-state index contributed by atoms with van der Waals surface area (Å²) in [6.45, 7) is 6.45. The van der Waals surface area contributed by atoms with E-state index in [4.69, 9.17) is 9.47 Å². The van der Waals surface area contributed by atoms with Crippen molar-refractivity contribution in [3.63, 3.8) is 0 Å². The van der Waals surface area contributed by atoms with Crippen LogP contribution in [0.1, 0.15) is 50.3 Å². The Kier molecular flexibility index (Phi) is 6.49. The standard InChI is InChI=1S/C26H29N3O4/c1-26(2,3)33-25(31)29-11-7-10-20(16-29)22-15-28-24-21(22)12-19(14-27-24)13-23(30)32-17-18-8-5-4-6-9-18/h4-6,8-9,12,14-16H,7,10-11,13,17H2,1-3H3,(H,27,28). The van der Waals surface area contributed by atoms with Crippen LogP contribution >= 0.6 is 0 Å². The van der Waals surface area contributed by atoms with Gasteiger partial charge in [-0.2, -0.15) is 0 Å². The fraction of sp³-hybridized carbons (Fsp3) is 0.346. The number of H-pyrrole nitrogens is 1. The van der Waals surface area contributed by atoms with Gasteiger partial charge in [0.15, 0.2) is 0 Å². The van der Waals surface area contributed by atoms with E-state index in [-0.39, 0.29) is 25.1 Å². The highest BCUT2D eigenvalue weighted by molar-refractivity contribution is 5.92. The smallest absolute Gasteiger partial charge is 0.414 e. The topological polar surface area (TPSA) is 84.5 Å². The number of carbonyl (C=O) groups is 2. The maximum atomic E-state index is 12.5. The molecule has 0 unspecified atom stereocenters. The molecule has 0 aliphatic carbocycles. The molecular formula is C26H29N3O4. The first-order valence-corrected chi connectivity index (χ1v) is 11.1. The SMILES string of the molecule is CC(C)(C)OC(=O)N1C=C(c2c[nH]c3ncc(CC(=O)OCc4ccccc4)cc23)CCC1. The molecule has 1 aromatic carbocycles. The number of fused-ring (bicyclic) bond motifs is 1. The number of aromatic nitrogens is 2. The van der Waals surface area contributed by atoms with Crippen LogP contribution in [0.15, 0.2) is 55.0 Å². The molecule has 1 N–H and O–H groups in total. The molecule has 1 aliphatic rings. The number of hydrogen-bond donors (Lipinski definition) is 1. The number of benzene rings is 1. The molecule has 0 spiro atoms. The van der Waals surface area contributed by atoms with Gasteiger partial charge in [0.25, 0.3) is 0 Å². The van der Waals surface area contributed by atoms with Crippen LogP contribution in [0.3, 0.4) is 0 Å². The predicted molar refractivity (Wildman–Crippen MR) is 126 cm³/mol. The van der Waals surface area contributed by atoms with Crippen LogP contribution < -0.4 is 0 Å². The van der Waals surface area contributed by atoms with E-state index in [0.717, 1.165) is 46.1 Å². The molecule has 7 heteroatoms. The summed E-state index contributed by atoms with van der Waals surface area (Å²) in [6, 6.07) is 11.6. The van der Waals surface area contributed by atoms with E-state index in [1.165, 1.54) is 0 Å². The molecule has 0 atom stereocenters. The van der Waals surface area contributed by atoms with Crippen LogP contribution in [0.4, 0.5) is 4.79 Å². The van der Waals surface area contributed by atoms with E-state index < -0.39 is 5.60 Å². The highest BCUT2D eigenvalue weighted by Crippen LogP contribution is 2.31. The van der Waals surface area contributed by atoms with Crippen LogP contribution in [0, 0.1) is 0 Å². The number of nitrogens with one attached hydrogen (secondary N) is 1. The van der Waals surface area contributed by atoms with Crippen LogP contribution in [0.25, 0.3) is 16.6 Å². The summed E-state index contributed by atoms with van der Waals surface area (Å²) in [7, 11) is 0. The molecule has 3 heterocycles. The molecule has 2 aromatic heterocycles. The van der Waals surface area contributed by atoms with E-state index in [1.54, 1.807) is 11.1 Å². The Bertz CT molecular complexity index is 1180. The van der Waals surface area contributed by atoms with Crippen molar-refractivity contribution in [3.05, 3.63) is 71.7 Å². The van der Waals surface area contributed by atoms with Gasteiger partial charge in [0.1, 0.15) is 17.9 Å². The highest BCUT2D eigenvalue weighted by atomic mass is 16.6. The minimum Gasteiger partial charge on any atom is -0.461 e. The van der Waals surface area contributed by atoms with Crippen LogP contribution in [0.5, 0.6) is 0 Å². The third kappa shape index (κ3) is 5.80. The fourth-order valence-electron chi connectivity index (χ4n) is 3.79. The number of pyridine rings is 1. The molecule has 1 amide bonds. The molecule has 0 radical (unpaired) electrons. The average Bonchev–Trinajstić information content (AvgIpc) is 3.21. The van der Waals surface area contributed by atoms with Gasteiger partial charge in [-0.1, -0.05) is 30.3 Å². The Hall–Kier alpha value is -3.61. The van der Waals surface area contributed by atoms with Crippen LogP contribution in [-0.2, 0) is 27.3 Å². The first-order chi connectivity index (χ1) is 15.8. The number of nitrogens with zero attached hydrogens (tertiary/aromatic N) is 2. The molecule has 0 fully saturated rings. The Labute approximate surface area is 193 Å². The van der Waals surface area contributed by atoms with Gasteiger partial charge in [-0.15, -0.1) is 0 Å². The number of esters is 1. The predicted octanol–water partition coefficient (Wildman–Crippen LogP) is 5.22. The van der Waals surface area contributed by atoms with Crippen LogP contribution in [0.2, 0.25) is 0 Å². The van der Waals surface area contributed by atoms with Gasteiger partial charge in [0, 0.05) is 36.1 Å². The summed E-state index contributed by atoms with van der Waals surface area (Å²) in [5.74, 6) is -0.301. The number of hydrogen-bond acceptors (Lipinski definition) is 5. The monoisotopic (exact) mass is 447 g/mol. The molecule has 33 heavy (non-hydrogen) atoms. The minimum absolute atomic E-state index is 0.142. The van der Waals surface area contributed by atoms with Crippen molar-refractivity contribution in [2.24, 2.45) is 0 Å². The van der Waals surface area contributed by atoms with E-state index in [9.17, 15) is 9.59 Å². The zero-order chi connectivity index (χ0) is 23.4. The lowest BCUT2D eigenvalue weighted by Gasteiger charge is -2.28. The zero-order valence-corrected chi connectivity index (χ0v) is 19.3. The second-order valence-corrected chi connectivity index (χ2v) is 9.20. The summed E-state index contributed by atoms with van der Waals surface area (Å²) >= 11 is 0. The van der Waals surface area contributed by atoms with Crippen molar-refractivity contribution in [2.45, 2.75) is 52.2 Å². The first-order valence-electron chi connectivity index (χ1n) is 11.1. The normalized spacial score (nSPS) is 14.2. The number of carbonyl (C=O) groups excluding carboxylic acids is 2. The number of ether oxygens (including phenoxy) is 2. The van der Waals surface area contributed by atoms with Crippen molar-refractivity contribution in [3.8, 4) is 0 Å². The van der Waals surface area contributed by atoms with Crippen molar-refractivity contribution in [1.29, 1.82) is 0 Å². The molecule has 0 saturated carbocycles.